The van der Waals surface area contributed by atoms with Gasteiger partial charge in [-0.15, -0.1) is 0 Å². The molecular weight excluding hydrogens is 236 g/mol. The van der Waals surface area contributed by atoms with E-state index < -0.39 is 10.0 Å². The fourth-order valence-electron chi connectivity index (χ4n) is 1.73. The first kappa shape index (κ1) is 12.2. The normalized spacial score (nSPS) is 15.9. The lowest BCUT2D eigenvalue weighted by atomic mass is 10.1. The minimum Gasteiger partial charge on any atom is -0.397 e. The van der Waals surface area contributed by atoms with Crippen molar-refractivity contribution in [2.75, 3.05) is 16.2 Å². The molecule has 1 aromatic rings. The van der Waals surface area contributed by atoms with Gasteiger partial charge >= 0.3 is 0 Å². The van der Waals surface area contributed by atoms with Gasteiger partial charge in [0.25, 0.3) is 0 Å². The number of nitrogens with one attached hydrogen (secondary N) is 1. The molecule has 0 bridgehead atoms. The van der Waals surface area contributed by atoms with Gasteiger partial charge in [0.05, 0.1) is 17.1 Å². The molecule has 1 fully saturated rings. The molecule has 0 atom stereocenters. The van der Waals surface area contributed by atoms with E-state index in [4.69, 9.17) is 5.73 Å². The van der Waals surface area contributed by atoms with Gasteiger partial charge in [0.1, 0.15) is 0 Å². The molecule has 1 aliphatic carbocycles. The summed E-state index contributed by atoms with van der Waals surface area (Å²) in [6.07, 6.45) is 2.03. The number of hydrogen-bond acceptors (Lipinski definition) is 3. The van der Waals surface area contributed by atoms with Gasteiger partial charge in [-0.3, -0.25) is 4.72 Å². The van der Waals surface area contributed by atoms with Gasteiger partial charge in [-0.25, -0.2) is 8.42 Å². The second kappa shape index (κ2) is 4.22. The zero-order chi connectivity index (χ0) is 12.6. The summed E-state index contributed by atoms with van der Waals surface area (Å²) in [4.78, 5) is 0. The van der Waals surface area contributed by atoms with Gasteiger partial charge in [0.2, 0.25) is 10.0 Å². The van der Waals surface area contributed by atoms with Crippen molar-refractivity contribution >= 4 is 21.4 Å². The monoisotopic (exact) mass is 254 g/mol. The highest BCUT2D eigenvalue weighted by Gasteiger charge is 2.28. The van der Waals surface area contributed by atoms with Crippen molar-refractivity contribution in [2.45, 2.75) is 26.7 Å². The largest absolute Gasteiger partial charge is 0.397 e. The first-order chi connectivity index (χ1) is 7.87. The molecule has 94 valence electrons. The van der Waals surface area contributed by atoms with Crippen molar-refractivity contribution in [3.8, 4) is 0 Å². The van der Waals surface area contributed by atoms with Crippen LogP contribution in [0.4, 0.5) is 11.4 Å². The smallest absolute Gasteiger partial charge is 0.233 e. The highest BCUT2D eigenvalue weighted by molar-refractivity contribution is 7.92. The van der Waals surface area contributed by atoms with Crippen LogP contribution in [-0.4, -0.2) is 14.2 Å². The van der Waals surface area contributed by atoms with E-state index in [9.17, 15) is 8.42 Å². The van der Waals surface area contributed by atoms with Crippen LogP contribution in [-0.2, 0) is 10.0 Å². The molecule has 5 heteroatoms. The molecule has 0 aliphatic heterocycles. The Balaban J connectivity index is 2.20. The molecule has 2 rings (SSSR count). The number of sulfonamides is 1. The molecule has 1 aromatic carbocycles. The Labute approximate surface area is 102 Å². The fraction of sp³-hybridized carbons (Fsp3) is 0.500. The number of benzene rings is 1. The Bertz CT molecular complexity index is 534. The second-order valence-electron chi connectivity index (χ2n) is 4.85. The molecule has 0 saturated heterocycles. The predicted molar refractivity (Wildman–Crippen MR) is 70.5 cm³/mol. The maximum Gasteiger partial charge on any atom is 0.233 e. The summed E-state index contributed by atoms with van der Waals surface area (Å²) in [5, 5.41) is 0. The molecular formula is C12H18N2O2S. The molecule has 1 aliphatic rings. The Morgan fingerprint density at radius 2 is 1.88 bits per heavy atom. The van der Waals surface area contributed by atoms with Crippen LogP contribution in [0.1, 0.15) is 24.0 Å². The lowest BCUT2D eigenvalue weighted by Gasteiger charge is -2.12. The van der Waals surface area contributed by atoms with Gasteiger partial charge in [-0.05, 0) is 55.9 Å². The predicted octanol–water partition coefficient (Wildman–Crippen LogP) is 2.04. The highest BCUT2D eigenvalue weighted by atomic mass is 32.2. The van der Waals surface area contributed by atoms with E-state index >= 15 is 0 Å². The summed E-state index contributed by atoms with van der Waals surface area (Å²) < 4.78 is 26.2. The highest BCUT2D eigenvalue weighted by Crippen LogP contribution is 2.31. The molecule has 0 radical (unpaired) electrons. The summed E-state index contributed by atoms with van der Waals surface area (Å²) in [6, 6.07) is 3.58. The van der Waals surface area contributed by atoms with Crippen LogP contribution in [0.25, 0.3) is 0 Å². The quantitative estimate of drug-likeness (QED) is 0.808. The van der Waals surface area contributed by atoms with Gasteiger partial charge in [-0.2, -0.15) is 0 Å². The third-order valence-electron chi connectivity index (χ3n) is 3.08. The fourth-order valence-corrected chi connectivity index (χ4v) is 3.28. The summed E-state index contributed by atoms with van der Waals surface area (Å²) in [5.74, 6) is 0.541. The van der Waals surface area contributed by atoms with Gasteiger partial charge in [0, 0.05) is 0 Å². The zero-order valence-electron chi connectivity index (χ0n) is 10.2. The number of aryl methyl sites for hydroxylation is 2. The summed E-state index contributed by atoms with van der Waals surface area (Å²) in [6.45, 7) is 3.89. The SMILES string of the molecule is Cc1cc(N)c(NS(=O)(=O)CC2CC2)cc1C. The van der Waals surface area contributed by atoms with Crippen molar-refractivity contribution in [1.82, 2.24) is 0 Å². The van der Waals surface area contributed by atoms with Crippen LogP contribution in [0.5, 0.6) is 0 Å². The molecule has 1 saturated carbocycles. The lowest BCUT2D eigenvalue weighted by molar-refractivity contribution is 0.597. The van der Waals surface area contributed by atoms with Crippen molar-refractivity contribution in [3.05, 3.63) is 23.3 Å². The molecule has 4 nitrogen and oxygen atoms in total. The zero-order valence-corrected chi connectivity index (χ0v) is 11.0. The Morgan fingerprint density at radius 3 is 2.47 bits per heavy atom. The average Bonchev–Trinajstić information content (AvgIpc) is 2.96. The molecule has 0 unspecified atom stereocenters. The van der Waals surface area contributed by atoms with Gasteiger partial charge in [0.15, 0.2) is 0 Å². The number of nitrogens with two attached hydrogens (primary N) is 1. The van der Waals surface area contributed by atoms with E-state index in [1.165, 1.54) is 0 Å². The Hall–Kier alpha value is -1.23. The molecule has 0 heterocycles. The first-order valence-corrected chi connectivity index (χ1v) is 7.40. The minimum atomic E-state index is -3.25. The molecule has 0 aromatic heterocycles. The van der Waals surface area contributed by atoms with Crippen LogP contribution in [0.3, 0.4) is 0 Å². The van der Waals surface area contributed by atoms with E-state index in [0.717, 1.165) is 24.0 Å². The standard InChI is InChI=1S/C12H18N2O2S/c1-8-5-11(13)12(6-9(8)2)14-17(15,16)7-10-3-4-10/h5-6,10,14H,3-4,7,13H2,1-2H3. The van der Waals surface area contributed by atoms with E-state index in [-0.39, 0.29) is 5.75 Å². The number of nitrogen functional groups attached to an aromatic ring is 1. The van der Waals surface area contributed by atoms with Gasteiger partial charge in [-0.1, -0.05) is 0 Å². The molecule has 17 heavy (non-hydrogen) atoms. The number of anilines is 2. The number of hydrogen-bond donors (Lipinski definition) is 2. The summed E-state index contributed by atoms with van der Waals surface area (Å²) in [7, 11) is -3.25. The molecule has 0 spiro atoms. The minimum absolute atomic E-state index is 0.208. The summed E-state index contributed by atoms with van der Waals surface area (Å²) in [5.41, 5.74) is 8.88. The lowest BCUT2D eigenvalue weighted by Crippen LogP contribution is -2.18. The van der Waals surface area contributed by atoms with Crippen molar-refractivity contribution in [1.29, 1.82) is 0 Å². The Kier molecular flexibility index (Phi) is 3.03. The molecule has 0 amide bonds. The van der Waals surface area contributed by atoms with Crippen LogP contribution in [0.15, 0.2) is 12.1 Å². The van der Waals surface area contributed by atoms with Crippen molar-refractivity contribution < 1.29 is 8.42 Å². The van der Waals surface area contributed by atoms with Crippen LogP contribution in [0, 0.1) is 19.8 Å². The maximum absolute atomic E-state index is 11.8. The average molecular weight is 254 g/mol. The first-order valence-electron chi connectivity index (χ1n) is 5.74. The van der Waals surface area contributed by atoms with Crippen LogP contribution < -0.4 is 10.5 Å². The van der Waals surface area contributed by atoms with E-state index in [0.29, 0.717) is 17.3 Å². The van der Waals surface area contributed by atoms with Crippen LogP contribution in [0.2, 0.25) is 0 Å². The topological polar surface area (TPSA) is 72.2 Å². The summed E-state index contributed by atoms with van der Waals surface area (Å²) >= 11 is 0. The third kappa shape index (κ3) is 3.12. The van der Waals surface area contributed by atoms with Crippen molar-refractivity contribution in [2.24, 2.45) is 5.92 Å². The maximum atomic E-state index is 11.8. The second-order valence-corrected chi connectivity index (χ2v) is 6.62. The third-order valence-corrected chi connectivity index (χ3v) is 4.52. The number of rotatable bonds is 4. The van der Waals surface area contributed by atoms with E-state index in [1.807, 2.05) is 13.8 Å². The molecule has 3 N–H and O–H groups in total. The Morgan fingerprint density at radius 1 is 1.29 bits per heavy atom. The van der Waals surface area contributed by atoms with Crippen LogP contribution >= 0.6 is 0 Å². The van der Waals surface area contributed by atoms with E-state index in [2.05, 4.69) is 4.72 Å². The van der Waals surface area contributed by atoms with E-state index in [1.54, 1.807) is 12.1 Å². The van der Waals surface area contributed by atoms with Crippen molar-refractivity contribution in [3.63, 3.8) is 0 Å². The van der Waals surface area contributed by atoms with Gasteiger partial charge < -0.3 is 5.73 Å².